The monoisotopic (exact) mass is 306 g/mol. The average molecular weight is 306 g/mol. The first-order chi connectivity index (χ1) is 9.82. The van der Waals surface area contributed by atoms with Gasteiger partial charge in [-0.05, 0) is 25.1 Å². The summed E-state index contributed by atoms with van der Waals surface area (Å²) in [6.45, 7) is 1.90. The van der Waals surface area contributed by atoms with Gasteiger partial charge in [-0.25, -0.2) is 0 Å². The smallest absolute Gasteiger partial charge is 0.298 e. The second kappa shape index (κ2) is 5.67. The van der Waals surface area contributed by atoms with E-state index < -0.39 is 15.0 Å². The van der Waals surface area contributed by atoms with Crippen LogP contribution in [0.5, 0.6) is 5.75 Å². The molecule has 5 nitrogen and oxygen atoms in total. The molecule has 0 saturated carbocycles. The third-order valence-corrected chi connectivity index (χ3v) is 3.89. The Labute approximate surface area is 122 Å². The van der Waals surface area contributed by atoms with Gasteiger partial charge in [-0.15, -0.1) is 0 Å². The Morgan fingerprint density at radius 1 is 1.05 bits per heavy atom. The van der Waals surface area contributed by atoms with E-state index in [1.165, 1.54) is 19.2 Å². The quantitative estimate of drug-likeness (QED) is 0.693. The third-order valence-electron chi connectivity index (χ3n) is 3.02. The average Bonchev–Trinajstić information content (AvgIpc) is 2.45. The van der Waals surface area contributed by atoms with Crippen molar-refractivity contribution in [3.8, 4) is 5.75 Å². The summed E-state index contributed by atoms with van der Waals surface area (Å²) in [7, 11) is -3.18. The molecule has 0 aliphatic carbocycles. The van der Waals surface area contributed by atoms with Gasteiger partial charge in [0.25, 0.3) is 10.1 Å². The van der Waals surface area contributed by atoms with Crippen LogP contribution in [0.3, 0.4) is 0 Å². The number of carbonyl (C=O) groups is 1. The lowest BCUT2D eigenvalue weighted by Crippen LogP contribution is -2.06. The molecule has 0 amide bonds. The predicted octanol–water partition coefficient (Wildman–Crippen LogP) is 2.48. The van der Waals surface area contributed by atoms with Gasteiger partial charge in [0.15, 0.2) is 5.78 Å². The highest BCUT2D eigenvalue weighted by Gasteiger charge is 2.19. The van der Waals surface area contributed by atoms with Gasteiger partial charge in [0.1, 0.15) is 10.6 Å². The van der Waals surface area contributed by atoms with E-state index in [4.69, 9.17) is 4.74 Å². The molecule has 0 saturated heterocycles. The zero-order valence-corrected chi connectivity index (χ0v) is 12.3. The second-order valence-corrected chi connectivity index (χ2v) is 5.93. The van der Waals surface area contributed by atoms with Crippen LogP contribution in [-0.4, -0.2) is 25.9 Å². The fourth-order valence-electron chi connectivity index (χ4n) is 1.89. The Kier molecular flexibility index (Phi) is 4.11. The molecular formula is C15H14O5S. The van der Waals surface area contributed by atoms with Crippen LogP contribution in [0.15, 0.2) is 47.4 Å². The van der Waals surface area contributed by atoms with E-state index in [1.807, 2.05) is 6.92 Å². The molecule has 2 aromatic carbocycles. The Bertz CT molecular complexity index is 776. The van der Waals surface area contributed by atoms with E-state index in [2.05, 4.69) is 0 Å². The van der Waals surface area contributed by atoms with E-state index in [0.29, 0.717) is 5.56 Å². The van der Waals surface area contributed by atoms with E-state index in [9.17, 15) is 17.8 Å². The number of benzene rings is 2. The minimum absolute atomic E-state index is 0.0158. The van der Waals surface area contributed by atoms with Gasteiger partial charge >= 0.3 is 0 Å². The van der Waals surface area contributed by atoms with Crippen LogP contribution >= 0.6 is 0 Å². The fraction of sp³-hybridized carbons (Fsp3) is 0.133. The van der Waals surface area contributed by atoms with E-state index >= 15 is 0 Å². The highest BCUT2D eigenvalue weighted by molar-refractivity contribution is 7.86. The Balaban J connectivity index is 2.50. The summed E-state index contributed by atoms with van der Waals surface area (Å²) in [6, 6.07) is 10.8. The van der Waals surface area contributed by atoms with Crippen molar-refractivity contribution >= 4 is 15.9 Å². The highest BCUT2D eigenvalue weighted by atomic mass is 32.2. The van der Waals surface area contributed by atoms with Crippen molar-refractivity contribution in [2.45, 2.75) is 11.8 Å². The molecule has 0 heterocycles. The molecular weight excluding hydrogens is 292 g/mol. The van der Waals surface area contributed by atoms with Crippen LogP contribution in [0.4, 0.5) is 0 Å². The van der Waals surface area contributed by atoms with E-state index in [1.54, 1.807) is 24.3 Å². The molecule has 0 aromatic heterocycles. The van der Waals surface area contributed by atoms with Gasteiger partial charge < -0.3 is 4.74 Å². The lowest BCUT2D eigenvalue weighted by atomic mass is 10.0. The van der Waals surface area contributed by atoms with E-state index in [0.717, 1.165) is 11.6 Å². The number of ketones is 1. The van der Waals surface area contributed by atoms with Gasteiger partial charge in [0, 0.05) is 11.1 Å². The number of carbonyl (C=O) groups excluding carboxylic acids is 1. The summed E-state index contributed by atoms with van der Waals surface area (Å²) in [6.07, 6.45) is 0. The van der Waals surface area contributed by atoms with Crippen molar-refractivity contribution in [1.29, 1.82) is 0 Å². The molecule has 0 aliphatic rings. The molecule has 0 fully saturated rings. The largest absolute Gasteiger partial charge is 0.495 e. The lowest BCUT2D eigenvalue weighted by molar-refractivity contribution is 0.103. The normalized spacial score (nSPS) is 11.2. The first-order valence-corrected chi connectivity index (χ1v) is 7.54. The second-order valence-electron chi connectivity index (χ2n) is 4.54. The summed E-state index contributed by atoms with van der Waals surface area (Å²) >= 11 is 0. The number of rotatable bonds is 4. The predicted molar refractivity (Wildman–Crippen MR) is 77.4 cm³/mol. The Morgan fingerprint density at radius 3 is 2.14 bits per heavy atom. The van der Waals surface area contributed by atoms with Crippen molar-refractivity contribution in [2.75, 3.05) is 7.11 Å². The standard InChI is InChI=1S/C15H14O5S/c1-10-3-5-11(6-4-10)15(16)12-7-8-13(20-2)14(9-12)21(17,18)19/h3-9H,1-2H3,(H,17,18,19). The molecule has 1 N–H and O–H groups in total. The first kappa shape index (κ1) is 15.2. The van der Waals surface area contributed by atoms with Crippen LogP contribution in [0, 0.1) is 6.92 Å². The third kappa shape index (κ3) is 3.29. The van der Waals surface area contributed by atoms with Crippen molar-refractivity contribution in [3.05, 3.63) is 59.2 Å². The highest BCUT2D eigenvalue weighted by Crippen LogP contribution is 2.25. The van der Waals surface area contributed by atoms with Crippen LogP contribution in [0.1, 0.15) is 21.5 Å². The fourth-order valence-corrected chi connectivity index (χ4v) is 2.57. The van der Waals surface area contributed by atoms with Crippen LogP contribution in [-0.2, 0) is 10.1 Å². The Hall–Kier alpha value is -2.18. The van der Waals surface area contributed by atoms with Gasteiger partial charge in [0.2, 0.25) is 0 Å². The minimum Gasteiger partial charge on any atom is -0.495 e. The van der Waals surface area contributed by atoms with Crippen molar-refractivity contribution in [3.63, 3.8) is 0 Å². The van der Waals surface area contributed by atoms with Crippen LogP contribution in [0.25, 0.3) is 0 Å². The SMILES string of the molecule is COc1ccc(C(=O)c2ccc(C)cc2)cc1S(=O)(=O)O. The molecule has 0 unspecified atom stereocenters. The zero-order chi connectivity index (χ0) is 15.6. The molecule has 2 rings (SSSR count). The van der Waals surface area contributed by atoms with Gasteiger partial charge in [-0.2, -0.15) is 8.42 Å². The summed E-state index contributed by atoms with van der Waals surface area (Å²) in [4.78, 5) is 11.9. The molecule has 0 spiro atoms. The summed E-state index contributed by atoms with van der Waals surface area (Å²) in [5, 5.41) is 0. The van der Waals surface area contributed by atoms with Crippen molar-refractivity contribution < 1.29 is 22.5 Å². The summed E-state index contributed by atoms with van der Waals surface area (Å²) < 4.78 is 36.7. The van der Waals surface area contributed by atoms with E-state index in [-0.39, 0.29) is 17.1 Å². The summed E-state index contributed by atoms with van der Waals surface area (Å²) in [5.41, 5.74) is 1.61. The molecule has 110 valence electrons. The van der Waals surface area contributed by atoms with Crippen molar-refractivity contribution in [1.82, 2.24) is 0 Å². The zero-order valence-electron chi connectivity index (χ0n) is 11.5. The molecule has 0 aliphatic heterocycles. The maximum absolute atomic E-state index is 12.3. The first-order valence-electron chi connectivity index (χ1n) is 6.10. The Morgan fingerprint density at radius 2 is 1.62 bits per heavy atom. The number of hydrogen-bond donors (Lipinski definition) is 1. The van der Waals surface area contributed by atoms with Crippen LogP contribution < -0.4 is 4.74 Å². The molecule has 21 heavy (non-hydrogen) atoms. The molecule has 2 aromatic rings. The molecule has 6 heteroatoms. The lowest BCUT2D eigenvalue weighted by Gasteiger charge is -2.08. The number of hydrogen-bond acceptors (Lipinski definition) is 4. The molecule has 0 bridgehead atoms. The van der Waals surface area contributed by atoms with Gasteiger partial charge in [0.05, 0.1) is 7.11 Å². The number of aryl methyl sites for hydroxylation is 1. The van der Waals surface area contributed by atoms with Gasteiger partial charge in [-0.1, -0.05) is 29.8 Å². The molecule has 0 atom stereocenters. The number of methoxy groups -OCH3 is 1. The minimum atomic E-state index is -4.47. The van der Waals surface area contributed by atoms with Crippen LogP contribution in [0.2, 0.25) is 0 Å². The maximum atomic E-state index is 12.3. The van der Waals surface area contributed by atoms with Crippen molar-refractivity contribution in [2.24, 2.45) is 0 Å². The summed E-state index contributed by atoms with van der Waals surface area (Å²) in [5.74, 6) is -0.347. The topological polar surface area (TPSA) is 80.7 Å². The maximum Gasteiger partial charge on any atom is 0.298 e. The number of ether oxygens (including phenoxy) is 1. The van der Waals surface area contributed by atoms with Gasteiger partial charge in [-0.3, -0.25) is 9.35 Å². The molecule has 0 radical (unpaired) electrons.